The third kappa shape index (κ3) is 2.20. The number of hydrogen-bond donors (Lipinski definition) is 0. The van der Waals surface area contributed by atoms with Crippen molar-refractivity contribution in [3.05, 3.63) is 34.6 Å². The third-order valence-corrected chi connectivity index (χ3v) is 3.22. The van der Waals surface area contributed by atoms with Crippen LogP contribution in [0, 0.1) is 11.7 Å². The average Bonchev–Trinajstić information content (AvgIpc) is 2.74. The number of carbonyl (C=O) groups is 1. The van der Waals surface area contributed by atoms with Crippen molar-refractivity contribution in [3.63, 3.8) is 0 Å². The molecule has 0 radical (unpaired) electrons. The van der Waals surface area contributed by atoms with Crippen molar-refractivity contribution in [1.82, 2.24) is 0 Å². The van der Waals surface area contributed by atoms with E-state index in [1.54, 1.807) is 0 Å². The van der Waals surface area contributed by atoms with Gasteiger partial charge in [-0.2, -0.15) is 0 Å². The Labute approximate surface area is 93.2 Å². The van der Waals surface area contributed by atoms with Gasteiger partial charge < -0.3 is 0 Å². The zero-order valence-corrected chi connectivity index (χ0v) is 9.06. The van der Waals surface area contributed by atoms with Crippen LogP contribution in [0.1, 0.15) is 36.0 Å². The molecular formula is C12H12ClFO. The Hall–Kier alpha value is -0.890. The summed E-state index contributed by atoms with van der Waals surface area (Å²) in [5.41, 5.74) is 0.535. The number of carbonyl (C=O) groups excluding carboxylic acids is 1. The van der Waals surface area contributed by atoms with Gasteiger partial charge in [0.15, 0.2) is 5.78 Å². The second kappa shape index (κ2) is 4.31. The number of rotatable bonds is 2. The minimum atomic E-state index is -0.473. The van der Waals surface area contributed by atoms with E-state index in [9.17, 15) is 9.18 Å². The maximum absolute atomic E-state index is 12.9. The van der Waals surface area contributed by atoms with Gasteiger partial charge in [-0.05, 0) is 31.0 Å². The molecule has 0 aliphatic heterocycles. The van der Waals surface area contributed by atoms with Gasteiger partial charge in [0.2, 0.25) is 0 Å². The zero-order valence-electron chi connectivity index (χ0n) is 8.30. The average molecular weight is 227 g/mol. The highest BCUT2D eigenvalue weighted by molar-refractivity contribution is 6.31. The molecule has 3 heteroatoms. The van der Waals surface area contributed by atoms with Crippen LogP contribution in [0.25, 0.3) is 0 Å². The van der Waals surface area contributed by atoms with Crippen molar-refractivity contribution in [2.75, 3.05) is 0 Å². The molecule has 1 aliphatic carbocycles. The molecule has 1 aromatic rings. The predicted octanol–water partition coefficient (Wildman–Crippen LogP) is 3.85. The van der Waals surface area contributed by atoms with E-state index in [1.165, 1.54) is 18.2 Å². The first-order valence-corrected chi connectivity index (χ1v) is 5.55. The van der Waals surface area contributed by atoms with Crippen molar-refractivity contribution in [2.24, 2.45) is 5.92 Å². The molecule has 0 heterocycles. The van der Waals surface area contributed by atoms with Crippen molar-refractivity contribution in [2.45, 2.75) is 25.7 Å². The fourth-order valence-electron chi connectivity index (χ4n) is 2.07. The molecule has 0 aromatic heterocycles. The molecule has 80 valence electrons. The maximum atomic E-state index is 12.9. The van der Waals surface area contributed by atoms with Crippen molar-refractivity contribution < 1.29 is 9.18 Å². The molecule has 2 rings (SSSR count). The molecule has 15 heavy (non-hydrogen) atoms. The summed E-state index contributed by atoms with van der Waals surface area (Å²) in [6, 6.07) is 4.20. The van der Waals surface area contributed by atoms with E-state index < -0.39 is 5.82 Å². The van der Waals surface area contributed by atoms with E-state index in [4.69, 9.17) is 11.6 Å². The van der Waals surface area contributed by atoms with Crippen molar-refractivity contribution in [3.8, 4) is 0 Å². The smallest absolute Gasteiger partial charge is 0.165 e. The van der Waals surface area contributed by atoms with E-state index in [0.29, 0.717) is 5.56 Å². The summed E-state index contributed by atoms with van der Waals surface area (Å²) in [6.07, 6.45) is 4.14. The topological polar surface area (TPSA) is 17.1 Å². The monoisotopic (exact) mass is 226 g/mol. The Morgan fingerprint density at radius 2 is 2.00 bits per heavy atom. The first kappa shape index (κ1) is 10.6. The summed E-state index contributed by atoms with van der Waals surface area (Å²) in [5, 5.41) is 0.0267. The van der Waals surface area contributed by atoms with Crippen LogP contribution in [0.3, 0.4) is 0 Å². The predicted molar refractivity (Wildman–Crippen MR) is 57.7 cm³/mol. The lowest BCUT2D eigenvalue weighted by Gasteiger charge is -2.07. The highest BCUT2D eigenvalue weighted by atomic mass is 35.5. The van der Waals surface area contributed by atoms with Gasteiger partial charge >= 0.3 is 0 Å². The number of benzene rings is 1. The summed E-state index contributed by atoms with van der Waals surface area (Å²) in [4.78, 5) is 11.9. The number of Topliss-reactive ketones (excluding diaryl/α,β-unsaturated/α-hetero) is 1. The minimum Gasteiger partial charge on any atom is -0.294 e. The fourth-order valence-corrected chi connectivity index (χ4v) is 2.25. The molecule has 1 aromatic carbocycles. The number of hydrogen-bond acceptors (Lipinski definition) is 1. The Balaban J connectivity index is 2.21. The molecule has 0 atom stereocenters. The molecule has 0 unspecified atom stereocenters. The van der Waals surface area contributed by atoms with Crippen molar-refractivity contribution in [1.29, 1.82) is 0 Å². The van der Waals surface area contributed by atoms with Gasteiger partial charge in [0.1, 0.15) is 5.82 Å². The van der Waals surface area contributed by atoms with E-state index >= 15 is 0 Å². The van der Waals surface area contributed by atoms with Gasteiger partial charge in [0.25, 0.3) is 0 Å². The van der Waals surface area contributed by atoms with E-state index in [1.807, 2.05) is 0 Å². The summed E-state index contributed by atoms with van der Waals surface area (Å²) >= 11 is 5.64. The van der Waals surface area contributed by atoms with E-state index in [2.05, 4.69) is 0 Å². The van der Waals surface area contributed by atoms with Crippen LogP contribution in [0.2, 0.25) is 5.02 Å². The van der Waals surface area contributed by atoms with Gasteiger partial charge in [-0.25, -0.2) is 4.39 Å². The van der Waals surface area contributed by atoms with Gasteiger partial charge in [-0.15, -0.1) is 0 Å². The lowest BCUT2D eigenvalue weighted by Crippen LogP contribution is -2.10. The maximum Gasteiger partial charge on any atom is 0.165 e. The molecule has 0 spiro atoms. The van der Waals surface area contributed by atoms with Crippen LogP contribution in [-0.2, 0) is 0 Å². The molecular weight excluding hydrogens is 215 g/mol. The van der Waals surface area contributed by atoms with Crippen LogP contribution in [0.15, 0.2) is 18.2 Å². The van der Waals surface area contributed by atoms with Crippen LogP contribution < -0.4 is 0 Å². The second-order valence-electron chi connectivity index (χ2n) is 3.97. The van der Waals surface area contributed by atoms with E-state index in [-0.39, 0.29) is 16.7 Å². The summed E-state index contributed by atoms with van der Waals surface area (Å²) in [6.45, 7) is 0. The molecule has 0 saturated heterocycles. The van der Waals surface area contributed by atoms with Gasteiger partial charge in [0, 0.05) is 11.5 Å². The molecule has 0 amide bonds. The van der Waals surface area contributed by atoms with E-state index in [0.717, 1.165) is 25.7 Å². The highest BCUT2D eigenvalue weighted by Crippen LogP contribution is 2.29. The van der Waals surface area contributed by atoms with Gasteiger partial charge in [-0.1, -0.05) is 24.4 Å². The zero-order chi connectivity index (χ0) is 10.8. The Morgan fingerprint density at radius 3 is 2.60 bits per heavy atom. The summed E-state index contributed by atoms with van der Waals surface area (Å²) in [7, 11) is 0. The number of halogens is 2. The first-order chi connectivity index (χ1) is 7.18. The van der Waals surface area contributed by atoms with Crippen molar-refractivity contribution >= 4 is 17.4 Å². The summed E-state index contributed by atoms with van der Waals surface area (Å²) in [5.74, 6) is -0.249. The molecule has 1 aliphatic rings. The molecule has 1 nitrogen and oxygen atoms in total. The number of ketones is 1. The molecule has 1 saturated carbocycles. The SMILES string of the molecule is O=C(c1ccc(F)c(Cl)c1)C1CCCC1. The largest absolute Gasteiger partial charge is 0.294 e. The van der Waals surface area contributed by atoms with Gasteiger partial charge in [-0.3, -0.25) is 4.79 Å². The standard InChI is InChI=1S/C12H12ClFO/c13-10-7-9(5-6-11(10)14)12(15)8-3-1-2-4-8/h5-8H,1-4H2. The lowest BCUT2D eigenvalue weighted by molar-refractivity contribution is 0.0923. The van der Waals surface area contributed by atoms with Crippen LogP contribution in [0.5, 0.6) is 0 Å². The fraction of sp³-hybridized carbons (Fsp3) is 0.417. The van der Waals surface area contributed by atoms with Crippen LogP contribution >= 0.6 is 11.6 Å². The Morgan fingerprint density at radius 1 is 1.33 bits per heavy atom. The molecule has 0 bridgehead atoms. The second-order valence-corrected chi connectivity index (χ2v) is 4.38. The quantitative estimate of drug-likeness (QED) is 0.700. The normalized spacial score (nSPS) is 16.9. The van der Waals surface area contributed by atoms with Gasteiger partial charge in [0.05, 0.1) is 5.02 Å². The van der Waals surface area contributed by atoms with Crippen LogP contribution in [-0.4, -0.2) is 5.78 Å². The Bertz CT molecular complexity index is 383. The first-order valence-electron chi connectivity index (χ1n) is 5.18. The molecule has 0 N–H and O–H groups in total. The highest BCUT2D eigenvalue weighted by Gasteiger charge is 2.24. The minimum absolute atomic E-state index is 0.0267. The Kier molecular flexibility index (Phi) is 3.06. The third-order valence-electron chi connectivity index (χ3n) is 2.93. The van der Waals surface area contributed by atoms with Crippen LogP contribution in [0.4, 0.5) is 4.39 Å². The summed E-state index contributed by atoms with van der Waals surface area (Å²) < 4.78 is 12.9. The molecule has 1 fully saturated rings. The lowest BCUT2D eigenvalue weighted by atomic mass is 9.96.